The third-order valence-electron chi connectivity index (χ3n) is 2.29. The Kier molecular flexibility index (Phi) is 4.73. The van der Waals surface area contributed by atoms with Gasteiger partial charge in [0.1, 0.15) is 11.6 Å². The van der Waals surface area contributed by atoms with Gasteiger partial charge in [0.2, 0.25) is 5.89 Å². The van der Waals surface area contributed by atoms with Gasteiger partial charge in [-0.3, -0.25) is 0 Å². The molecular formula is C12H17N5OS. The van der Waals surface area contributed by atoms with E-state index in [4.69, 9.17) is 4.42 Å². The Morgan fingerprint density at radius 1 is 1.26 bits per heavy atom. The molecule has 0 aliphatic carbocycles. The van der Waals surface area contributed by atoms with Crippen LogP contribution in [0.5, 0.6) is 0 Å². The molecule has 0 spiro atoms. The molecule has 1 N–H and O–H groups in total. The van der Waals surface area contributed by atoms with Crippen LogP contribution < -0.4 is 5.32 Å². The molecule has 0 saturated carbocycles. The number of rotatable bonds is 6. The van der Waals surface area contributed by atoms with E-state index in [1.807, 2.05) is 13.0 Å². The predicted octanol–water partition coefficient (Wildman–Crippen LogP) is 2.59. The molecule has 0 unspecified atom stereocenters. The van der Waals surface area contributed by atoms with Crippen LogP contribution in [0.2, 0.25) is 0 Å². The Bertz CT molecular complexity index is 543. The van der Waals surface area contributed by atoms with Crippen molar-refractivity contribution in [1.82, 2.24) is 20.2 Å². The first-order valence-electron chi connectivity index (χ1n) is 6.18. The fourth-order valence-electron chi connectivity index (χ4n) is 1.50. The maximum absolute atomic E-state index is 5.30. The van der Waals surface area contributed by atoms with Crippen molar-refractivity contribution >= 4 is 17.6 Å². The molecule has 0 aliphatic rings. The van der Waals surface area contributed by atoms with Crippen molar-refractivity contribution in [2.75, 3.05) is 11.9 Å². The molecule has 6 nitrogen and oxygen atoms in total. The molecule has 19 heavy (non-hydrogen) atoms. The third-order valence-corrected chi connectivity index (χ3v) is 3.10. The SMILES string of the molecule is CCCNc1cc(C)nc(CSc2nnc(C)o2)n1. The van der Waals surface area contributed by atoms with Crippen molar-refractivity contribution in [3.63, 3.8) is 0 Å². The topological polar surface area (TPSA) is 76.7 Å². The summed E-state index contributed by atoms with van der Waals surface area (Å²) in [5, 5.41) is 11.5. The zero-order valence-corrected chi connectivity index (χ0v) is 12.1. The number of nitrogens with zero attached hydrogens (tertiary/aromatic N) is 4. The molecular weight excluding hydrogens is 262 g/mol. The van der Waals surface area contributed by atoms with Crippen LogP contribution in [-0.4, -0.2) is 26.7 Å². The number of nitrogens with one attached hydrogen (secondary N) is 1. The fourth-order valence-corrected chi connectivity index (χ4v) is 2.16. The van der Waals surface area contributed by atoms with Crippen molar-refractivity contribution in [2.45, 2.75) is 38.2 Å². The molecule has 0 radical (unpaired) electrons. The van der Waals surface area contributed by atoms with Crippen LogP contribution >= 0.6 is 11.8 Å². The minimum absolute atomic E-state index is 0.547. The van der Waals surface area contributed by atoms with Gasteiger partial charge in [-0.15, -0.1) is 10.2 Å². The summed E-state index contributed by atoms with van der Waals surface area (Å²) in [7, 11) is 0. The summed E-state index contributed by atoms with van der Waals surface area (Å²) in [6.45, 7) is 6.76. The number of aryl methyl sites for hydroxylation is 2. The Morgan fingerprint density at radius 3 is 2.79 bits per heavy atom. The van der Waals surface area contributed by atoms with Crippen LogP contribution in [-0.2, 0) is 5.75 Å². The second-order valence-corrected chi connectivity index (χ2v) is 5.04. The highest BCUT2D eigenvalue weighted by molar-refractivity contribution is 7.98. The lowest BCUT2D eigenvalue weighted by Gasteiger charge is -2.06. The van der Waals surface area contributed by atoms with Crippen LogP contribution in [0.3, 0.4) is 0 Å². The smallest absolute Gasteiger partial charge is 0.277 e. The molecule has 2 aromatic heterocycles. The van der Waals surface area contributed by atoms with Gasteiger partial charge in [0, 0.05) is 25.2 Å². The van der Waals surface area contributed by atoms with Crippen LogP contribution in [0.25, 0.3) is 0 Å². The molecule has 0 saturated heterocycles. The van der Waals surface area contributed by atoms with Crippen LogP contribution in [0.1, 0.15) is 30.8 Å². The summed E-state index contributed by atoms with van der Waals surface area (Å²) < 4.78 is 5.30. The Balaban J connectivity index is 2.01. The van der Waals surface area contributed by atoms with Gasteiger partial charge in [-0.2, -0.15) is 0 Å². The first kappa shape index (κ1) is 13.8. The summed E-state index contributed by atoms with van der Waals surface area (Å²) in [6, 6.07) is 1.95. The zero-order valence-electron chi connectivity index (χ0n) is 11.3. The Morgan fingerprint density at radius 2 is 2.11 bits per heavy atom. The largest absolute Gasteiger partial charge is 0.416 e. The highest BCUT2D eigenvalue weighted by Crippen LogP contribution is 2.20. The van der Waals surface area contributed by atoms with E-state index in [1.54, 1.807) is 6.92 Å². The molecule has 2 aromatic rings. The zero-order chi connectivity index (χ0) is 13.7. The van der Waals surface area contributed by atoms with Gasteiger partial charge in [0.05, 0.1) is 5.75 Å². The van der Waals surface area contributed by atoms with Gasteiger partial charge >= 0.3 is 0 Å². The van der Waals surface area contributed by atoms with Crippen molar-refractivity contribution < 1.29 is 4.42 Å². The van der Waals surface area contributed by atoms with E-state index in [0.29, 0.717) is 16.9 Å². The molecule has 0 bridgehead atoms. The van der Waals surface area contributed by atoms with Gasteiger partial charge in [0.25, 0.3) is 5.22 Å². The highest BCUT2D eigenvalue weighted by Gasteiger charge is 2.07. The first-order valence-corrected chi connectivity index (χ1v) is 7.17. The number of hydrogen-bond acceptors (Lipinski definition) is 7. The average Bonchev–Trinajstić information content (AvgIpc) is 2.79. The van der Waals surface area contributed by atoms with E-state index >= 15 is 0 Å². The molecule has 0 fully saturated rings. The van der Waals surface area contributed by atoms with Gasteiger partial charge in [0.15, 0.2) is 0 Å². The van der Waals surface area contributed by atoms with E-state index in [1.165, 1.54) is 11.8 Å². The van der Waals surface area contributed by atoms with Gasteiger partial charge in [-0.1, -0.05) is 18.7 Å². The Hall–Kier alpha value is -1.63. The minimum Gasteiger partial charge on any atom is -0.416 e. The minimum atomic E-state index is 0.547. The molecule has 102 valence electrons. The van der Waals surface area contributed by atoms with Crippen LogP contribution in [0, 0.1) is 13.8 Å². The lowest BCUT2D eigenvalue weighted by Crippen LogP contribution is -2.05. The summed E-state index contributed by atoms with van der Waals surface area (Å²) in [5.74, 6) is 2.81. The average molecular weight is 279 g/mol. The van der Waals surface area contributed by atoms with E-state index in [9.17, 15) is 0 Å². The van der Waals surface area contributed by atoms with Crippen molar-refractivity contribution in [2.24, 2.45) is 0 Å². The quantitative estimate of drug-likeness (QED) is 0.814. The van der Waals surface area contributed by atoms with Gasteiger partial charge in [-0.05, 0) is 13.3 Å². The second kappa shape index (κ2) is 6.51. The summed E-state index contributed by atoms with van der Waals surface area (Å²) in [6.07, 6.45) is 1.06. The second-order valence-electron chi connectivity index (χ2n) is 4.11. The van der Waals surface area contributed by atoms with Gasteiger partial charge < -0.3 is 9.73 Å². The van der Waals surface area contributed by atoms with Crippen molar-refractivity contribution in [3.8, 4) is 0 Å². The maximum atomic E-state index is 5.30. The third kappa shape index (κ3) is 4.20. The maximum Gasteiger partial charge on any atom is 0.277 e. The fraction of sp³-hybridized carbons (Fsp3) is 0.500. The molecule has 2 heterocycles. The van der Waals surface area contributed by atoms with Crippen molar-refractivity contribution in [3.05, 3.63) is 23.5 Å². The summed E-state index contributed by atoms with van der Waals surface area (Å²) in [5.41, 5.74) is 0.950. The first-order chi connectivity index (χ1) is 9.17. The van der Waals surface area contributed by atoms with Crippen LogP contribution in [0.4, 0.5) is 5.82 Å². The molecule has 7 heteroatoms. The van der Waals surface area contributed by atoms with Crippen molar-refractivity contribution in [1.29, 1.82) is 0 Å². The Labute approximate surface area is 116 Å². The predicted molar refractivity (Wildman–Crippen MR) is 74.1 cm³/mol. The summed E-state index contributed by atoms with van der Waals surface area (Å²) >= 11 is 1.44. The lowest BCUT2D eigenvalue weighted by molar-refractivity contribution is 0.429. The monoisotopic (exact) mass is 279 g/mol. The highest BCUT2D eigenvalue weighted by atomic mass is 32.2. The number of hydrogen-bond donors (Lipinski definition) is 1. The molecule has 0 aliphatic heterocycles. The van der Waals surface area contributed by atoms with E-state index < -0.39 is 0 Å². The summed E-state index contributed by atoms with van der Waals surface area (Å²) in [4.78, 5) is 8.86. The van der Waals surface area contributed by atoms with E-state index in [2.05, 4.69) is 32.4 Å². The standard InChI is InChI=1S/C12H17N5OS/c1-4-5-13-10-6-8(2)14-11(15-10)7-19-12-17-16-9(3)18-12/h6H,4-5,7H2,1-3H3,(H,13,14,15). The lowest BCUT2D eigenvalue weighted by atomic mass is 10.4. The molecule has 2 rings (SSSR count). The van der Waals surface area contributed by atoms with Crippen LogP contribution in [0.15, 0.2) is 15.7 Å². The molecule has 0 amide bonds. The number of thioether (sulfide) groups is 1. The number of aromatic nitrogens is 4. The van der Waals surface area contributed by atoms with E-state index in [-0.39, 0.29) is 0 Å². The molecule has 0 atom stereocenters. The van der Waals surface area contributed by atoms with E-state index in [0.717, 1.165) is 30.3 Å². The molecule has 0 aromatic carbocycles. The normalized spacial score (nSPS) is 10.7. The van der Waals surface area contributed by atoms with Gasteiger partial charge in [-0.25, -0.2) is 9.97 Å². The number of anilines is 1.